The number of amides is 1. The molecule has 3 rings (SSSR count). The summed E-state index contributed by atoms with van der Waals surface area (Å²) >= 11 is 0. The van der Waals surface area contributed by atoms with Crippen LogP contribution in [0, 0.1) is 10.1 Å². The van der Waals surface area contributed by atoms with E-state index >= 15 is 0 Å². The first kappa shape index (κ1) is 22.4. The molecule has 32 heavy (non-hydrogen) atoms. The first-order valence-corrected chi connectivity index (χ1v) is 9.56. The van der Waals surface area contributed by atoms with Gasteiger partial charge in [0.15, 0.2) is 12.0 Å². The summed E-state index contributed by atoms with van der Waals surface area (Å²) in [6.45, 7) is 0.112. The van der Waals surface area contributed by atoms with Gasteiger partial charge in [0.2, 0.25) is 0 Å². The highest BCUT2D eigenvalue weighted by Gasteiger charge is 2.21. The second-order valence-corrected chi connectivity index (χ2v) is 6.86. The Hall–Kier alpha value is -4.27. The normalized spacial score (nSPS) is 11.4. The van der Waals surface area contributed by atoms with E-state index in [2.05, 4.69) is 5.32 Å². The average Bonchev–Trinajstić information content (AvgIpc) is 2.78. The highest BCUT2D eigenvalue weighted by Crippen LogP contribution is 2.29. The Morgan fingerprint density at radius 1 is 1.00 bits per heavy atom. The van der Waals surface area contributed by atoms with Crippen molar-refractivity contribution < 1.29 is 28.7 Å². The van der Waals surface area contributed by atoms with E-state index in [4.69, 9.17) is 9.84 Å². The van der Waals surface area contributed by atoms with E-state index in [0.29, 0.717) is 5.56 Å². The summed E-state index contributed by atoms with van der Waals surface area (Å²) in [5.41, 5.74) is 0.870. The lowest BCUT2D eigenvalue weighted by atomic mass is 10.1. The zero-order chi connectivity index (χ0) is 23.1. The Morgan fingerprint density at radius 2 is 1.66 bits per heavy atom. The number of aromatic carboxylic acids is 1. The number of carbonyl (C=O) groups excluding carboxylic acids is 1. The first-order valence-electron chi connectivity index (χ1n) is 9.56. The van der Waals surface area contributed by atoms with Crippen LogP contribution in [0.2, 0.25) is 0 Å². The van der Waals surface area contributed by atoms with Crippen molar-refractivity contribution in [1.82, 2.24) is 5.32 Å². The van der Waals surface area contributed by atoms with Crippen molar-refractivity contribution in [2.75, 3.05) is 0 Å². The van der Waals surface area contributed by atoms with Crippen molar-refractivity contribution in [3.63, 3.8) is 0 Å². The summed E-state index contributed by atoms with van der Waals surface area (Å²) in [6.07, 6.45) is -1.96. The maximum Gasteiger partial charge on any atom is 0.335 e. The molecule has 9 heteroatoms. The number of nitro benzene ring substituents is 1. The van der Waals surface area contributed by atoms with Crippen LogP contribution in [0.1, 0.15) is 31.8 Å². The molecule has 8 nitrogen and oxygen atoms in total. The van der Waals surface area contributed by atoms with Crippen LogP contribution in [0.15, 0.2) is 72.8 Å². The van der Waals surface area contributed by atoms with Gasteiger partial charge in [-0.15, -0.1) is 0 Å². The summed E-state index contributed by atoms with van der Waals surface area (Å²) in [6, 6.07) is 18.3. The summed E-state index contributed by atoms with van der Waals surface area (Å²) in [7, 11) is 0. The van der Waals surface area contributed by atoms with E-state index in [9.17, 15) is 24.1 Å². The van der Waals surface area contributed by atoms with Gasteiger partial charge in [0.05, 0.1) is 10.5 Å². The smallest absolute Gasteiger partial charge is 0.335 e. The number of rotatable bonds is 9. The number of carboxylic acid groups (broad SMARTS) is 1. The zero-order valence-corrected chi connectivity index (χ0v) is 16.7. The number of carboxylic acids is 1. The molecule has 0 fully saturated rings. The van der Waals surface area contributed by atoms with Gasteiger partial charge < -0.3 is 15.2 Å². The number of hydrogen-bond donors (Lipinski definition) is 2. The lowest BCUT2D eigenvalue weighted by Gasteiger charge is -2.12. The van der Waals surface area contributed by atoms with Crippen LogP contribution in [0.25, 0.3) is 0 Å². The largest absolute Gasteiger partial charge is 0.482 e. The summed E-state index contributed by atoms with van der Waals surface area (Å²) < 4.78 is 19.8. The molecule has 1 unspecified atom stereocenters. The number of alkyl halides is 1. The third-order valence-corrected chi connectivity index (χ3v) is 4.56. The predicted molar refractivity (Wildman–Crippen MR) is 113 cm³/mol. The molecular formula is C23H19FN2O6. The lowest BCUT2D eigenvalue weighted by Crippen LogP contribution is -2.33. The van der Waals surface area contributed by atoms with E-state index < -0.39 is 28.8 Å². The van der Waals surface area contributed by atoms with Crippen LogP contribution in [-0.4, -0.2) is 28.2 Å². The molecule has 0 aliphatic rings. The van der Waals surface area contributed by atoms with Gasteiger partial charge >= 0.3 is 11.7 Å². The molecular weight excluding hydrogens is 419 g/mol. The molecule has 0 bridgehead atoms. The van der Waals surface area contributed by atoms with E-state index in [-0.39, 0.29) is 29.9 Å². The van der Waals surface area contributed by atoms with E-state index in [1.807, 2.05) is 30.3 Å². The molecule has 0 heterocycles. The zero-order valence-electron chi connectivity index (χ0n) is 16.7. The number of halogens is 1. The van der Waals surface area contributed by atoms with Gasteiger partial charge in [-0.05, 0) is 35.4 Å². The Bertz CT molecular complexity index is 1120. The van der Waals surface area contributed by atoms with E-state index in [1.54, 1.807) is 0 Å². The van der Waals surface area contributed by atoms with Crippen LogP contribution in [0.3, 0.4) is 0 Å². The third-order valence-electron chi connectivity index (χ3n) is 4.56. The van der Waals surface area contributed by atoms with Crippen LogP contribution in [-0.2, 0) is 13.0 Å². The SMILES string of the molecule is O=C(O)c1ccc(CC(F)NC(=O)c2ccc(OCc3ccccc3)c([N+](=O)[O-])c2)cc1. The Morgan fingerprint density at radius 3 is 2.28 bits per heavy atom. The van der Waals surface area contributed by atoms with Crippen LogP contribution < -0.4 is 10.1 Å². The topological polar surface area (TPSA) is 119 Å². The highest BCUT2D eigenvalue weighted by molar-refractivity contribution is 5.95. The first-order chi connectivity index (χ1) is 15.3. The fraction of sp³-hybridized carbons (Fsp3) is 0.130. The molecule has 0 saturated carbocycles. The average molecular weight is 438 g/mol. The molecule has 0 spiro atoms. The number of ether oxygens (including phenoxy) is 1. The maximum atomic E-state index is 14.3. The summed E-state index contributed by atoms with van der Waals surface area (Å²) in [5, 5.41) is 22.5. The third kappa shape index (κ3) is 5.88. The van der Waals surface area contributed by atoms with Gasteiger partial charge in [0.25, 0.3) is 5.91 Å². The van der Waals surface area contributed by atoms with Gasteiger partial charge in [0, 0.05) is 18.1 Å². The Labute approximate surface area is 182 Å². The minimum absolute atomic E-state index is 0.00859. The molecule has 0 saturated heterocycles. The molecule has 3 aromatic rings. The van der Waals surface area contributed by atoms with Crippen molar-refractivity contribution in [3.05, 3.63) is 105 Å². The van der Waals surface area contributed by atoms with E-state index in [0.717, 1.165) is 11.6 Å². The standard InChI is InChI=1S/C23H19FN2O6/c24-21(12-15-6-8-17(9-7-15)23(28)29)25-22(27)18-10-11-20(19(13-18)26(30)31)32-14-16-4-2-1-3-5-16/h1-11,13,21H,12,14H2,(H,25,27)(H,28,29). The minimum atomic E-state index is -1.77. The molecule has 0 aromatic heterocycles. The molecule has 1 amide bonds. The molecule has 2 N–H and O–H groups in total. The molecule has 1 atom stereocenters. The van der Waals surface area contributed by atoms with Crippen LogP contribution in [0.5, 0.6) is 5.75 Å². The number of benzene rings is 3. The van der Waals surface area contributed by atoms with Crippen molar-refractivity contribution in [1.29, 1.82) is 0 Å². The number of nitrogens with one attached hydrogen (secondary N) is 1. The maximum absolute atomic E-state index is 14.3. The molecule has 0 radical (unpaired) electrons. The second kappa shape index (κ2) is 10.2. The van der Waals surface area contributed by atoms with E-state index in [1.165, 1.54) is 36.4 Å². The molecule has 0 aliphatic heterocycles. The van der Waals surface area contributed by atoms with Crippen LogP contribution in [0.4, 0.5) is 10.1 Å². The number of hydrogen-bond acceptors (Lipinski definition) is 5. The van der Waals surface area contributed by atoms with Gasteiger partial charge in [-0.3, -0.25) is 14.9 Å². The molecule has 3 aromatic carbocycles. The van der Waals surface area contributed by atoms with Crippen molar-refractivity contribution in [3.8, 4) is 5.75 Å². The molecule has 164 valence electrons. The molecule has 0 aliphatic carbocycles. The lowest BCUT2D eigenvalue weighted by molar-refractivity contribution is -0.386. The monoisotopic (exact) mass is 438 g/mol. The minimum Gasteiger partial charge on any atom is -0.482 e. The van der Waals surface area contributed by atoms with Crippen molar-refractivity contribution in [2.45, 2.75) is 19.3 Å². The van der Waals surface area contributed by atoms with Crippen molar-refractivity contribution >= 4 is 17.6 Å². The van der Waals surface area contributed by atoms with Crippen molar-refractivity contribution in [2.24, 2.45) is 0 Å². The quantitative estimate of drug-likeness (QED) is 0.294. The van der Waals surface area contributed by atoms with Crippen LogP contribution >= 0.6 is 0 Å². The number of nitrogens with zero attached hydrogens (tertiary/aromatic N) is 1. The summed E-state index contributed by atoms with van der Waals surface area (Å²) in [4.78, 5) is 34.0. The number of carbonyl (C=O) groups is 2. The second-order valence-electron chi connectivity index (χ2n) is 6.86. The summed E-state index contributed by atoms with van der Waals surface area (Å²) in [5.74, 6) is -1.93. The van der Waals surface area contributed by atoms with Gasteiger partial charge in [-0.2, -0.15) is 0 Å². The Kier molecular flexibility index (Phi) is 7.12. The highest BCUT2D eigenvalue weighted by atomic mass is 19.1. The Balaban J connectivity index is 1.65. The van der Waals surface area contributed by atoms with Gasteiger partial charge in [-0.25, -0.2) is 9.18 Å². The predicted octanol–water partition coefficient (Wildman–Crippen LogP) is 4.14. The van der Waals surface area contributed by atoms with Gasteiger partial charge in [-0.1, -0.05) is 42.5 Å². The fourth-order valence-corrected chi connectivity index (χ4v) is 2.93. The fourth-order valence-electron chi connectivity index (χ4n) is 2.93. The van der Waals surface area contributed by atoms with Gasteiger partial charge in [0.1, 0.15) is 6.61 Å². The number of nitro groups is 1.